The van der Waals surface area contributed by atoms with Gasteiger partial charge in [-0.05, 0) is 55.6 Å². The van der Waals surface area contributed by atoms with Crippen molar-refractivity contribution >= 4 is 23.5 Å². The van der Waals surface area contributed by atoms with Crippen molar-refractivity contribution in [3.05, 3.63) is 23.8 Å². The summed E-state index contributed by atoms with van der Waals surface area (Å²) in [5.41, 5.74) is -1.74. The summed E-state index contributed by atoms with van der Waals surface area (Å²) in [6.45, 7) is 7.07. The average Bonchev–Trinajstić information content (AvgIpc) is 3.09. The van der Waals surface area contributed by atoms with E-state index < -0.39 is 46.9 Å². The molecule has 0 bridgehead atoms. The number of hydrogen-bond acceptors (Lipinski definition) is 8. The molecule has 1 N–H and O–H groups in total. The molecule has 4 aliphatic rings. The van der Waals surface area contributed by atoms with Gasteiger partial charge in [0.05, 0.1) is 19.1 Å². The van der Waals surface area contributed by atoms with Crippen LogP contribution < -0.4 is 0 Å². The van der Waals surface area contributed by atoms with Crippen molar-refractivity contribution in [2.24, 2.45) is 34.5 Å². The van der Waals surface area contributed by atoms with Crippen LogP contribution in [-0.4, -0.2) is 60.6 Å². The summed E-state index contributed by atoms with van der Waals surface area (Å²) in [7, 11) is 1.49. The van der Waals surface area contributed by atoms with Gasteiger partial charge < -0.3 is 19.3 Å². The maximum Gasteiger partial charge on any atom is 0.309 e. The predicted octanol–water partition coefficient (Wildman–Crippen LogP) is 2.96. The number of allylic oxidation sites excluding steroid dienone is 4. The molecule has 0 saturated heterocycles. The van der Waals surface area contributed by atoms with E-state index >= 15 is 0 Å². The highest BCUT2D eigenvalue weighted by atomic mass is 16.6. The lowest BCUT2D eigenvalue weighted by Gasteiger charge is -2.61. The van der Waals surface area contributed by atoms with Gasteiger partial charge in [-0.25, -0.2) is 0 Å². The molecular weight excluding hydrogens is 464 g/mol. The van der Waals surface area contributed by atoms with Gasteiger partial charge in [-0.1, -0.05) is 32.4 Å². The quantitative estimate of drug-likeness (QED) is 0.528. The lowest BCUT2D eigenvalue weighted by molar-refractivity contribution is -0.202. The third-order valence-corrected chi connectivity index (χ3v) is 9.59. The number of ketones is 2. The van der Waals surface area contributed by atoms with E-state index in [0.717, 1.165) is 12.0 Å². The van der Waals surface area contributed by atoms with Gasteiger partial charge in [-0.15, -0.1) is 0 Å². The smallest absolute Gasteiger partial charge is 0.309 e. The average molecular weight is 503 g/mol. The van der Waals surface area contributed by atoms with Crippen LogP contribution in [0.1, 0.15) is 59.8 Å². The zero-order valence-electron chi connectivity index (χ0n) is 21.9. The highest BCUT2D eigenvalue weighted by Crippen LogP contribution is 2.68. The summed E-state index contributed by atoms with van der Waals surface area (Å²) >= 11 is 0. The maximum atomic E-state index is 13.7. The van der Waals surface area contributed by atoms with Gasteiger partial charge in [0, 0.05) is 30.8 Å². The van der Waals surface area contributed by atoms with E-state index in [9.17, 15) is 24.3 Å². The molecular formula is C28H38O8. The second-order valence-electron chi connectivity index (χ2n) is 11.5. The highest BCUT2D eigenvalue weighted by Gasteiger charge is 2.70. The van der Waals surface area contributed by atoms with E-state index in [2.05, 4.69) is 13.8 Å². The molecule has 0 aromatic carbocycles. The van der Waals surface area contributed by atoms with Gasteiger partial charge in [-0.3, -0.25) is 19.2 Å². The largest absolute Gasteiger partial charge is 0.458 e. The third-order valence-electron chi connectivity index (χ3n) is 9.59. The number of carbonyl (C=O) groups is 4. The Kier molecular flexibility index (Phi) is 7.07. The Labute approximate surface area is 212 Å². The highest BCUT2D eigenvalue weighted by molar-refractivity contribution is 6.01. The van der Waals surface area contributed by atoms with Gasteiger partial charge in [-0.2, -0.15) is 0 Å². The standard InChI is InChI=1S/C28H38O8/c1-16-12-19-20-7-10-28(23(32)15-35-17(2)29,36-24(33)8-11-34-5)27(20,4)14-22(31)25(19)26(3)9-6-18(30)13-21(16)26/h6,9,13,16,19-20,22,25,31H,7-8,10-12,14-15H2,1-5H3/t16-,19-,20-,22-,25+,26-,27-,28-/m0/s1. The molecule has 4 rings (SSSR count). The summed E-state index contributed by atoms with van der Waals surface area (Å²) in [5, 5.41) is 11.7. The Morgan fingerprint density at radius 1 is 1.22 bits per heavy atom. The number of fused-ring (bicyclic) bond motifs is 5. The molecule has 8 nitrogen and oxygen atoms in total. The number of carbonyl (C=O) groups excluding carboxylic acids is 4. The third kappa shape index (κ3) is 4.06. The van der Waals surface area contributed by atoms with E-state index in [0.29, 0.717) is 12.8 Å². The first-order chi connectivity index (χ1) is 16.9. The second kappa shape index (κ2) is 9.53. The molecule has 0 amide bonds. The van der Waals surface area contributed by atoms with E-state index in [1.165, 1.54) is 14.0 Å². The van der Waals surface area contributed by atoms with E-state index in [1.54, 1.807) is 12.2 Å². The van der Waals surface area contributed by atoms with E-state index in [4.69, 9.17) is 14.2 Å². The van der Waals surface area contributed by atoms with Gasteiger partial charge in [0.2, 0.25) is 5.78 Å². The zero-order chi connectivity index (χ0) is 26.5. The minimum Gasteiger partial charge on any atom is -0.458 e. The number of esters is 2. The second-order valence-corrected chi connectivity index (χ2v) is 11.5. The normalized spacial score (nSPS) is 41.0. The van der Waals surface area contributed by atoms with Crippen molar-refractivity contribution in [2.75, 3.05) is 20.3 Å². The van der Waals surface area contributed by atoms with Crippen LogP contribution in [0.15, 0.2) is 23.8 Å². The summed E-state index contributed by atoms with van der Waals surface area (Å²) in [4.78, 5) is 50.2. The lowest BCUT2D eigenvalue weighted by Crippen LogP contribution is -2.63. The Morgan fingerprint density at radius 2 is 1.94 bits per heavy atom. The SMILES string of the molecule is COCCC(=O)O[C@]1(C(=O)COC(C)=O)CC[C@H]2[C@@H]3C[C@H](C)C4=CC(=O)C=C[C@]4(C)[C@H]3[C@@H](O)C[C@@]21C. The number of rotatable bonds is 7. The molecule has 0 aromatic heterocycles. The number of Topliss-reactive ketones (excluding diaryl/α,β-unsaturated/α-hetero) is 1. The molecule has 36 heavy (non-hydrogen) atoms. The molecule has 8 heteroatoms. The minimum absolute atomic E-state index is 0.00344. The fourth-order valence-corrected chi connectivity index (χ4v) is 8.13. The molecule has 3 fully saturated rings. The molecule has 0 radical (unpaired) electrons. The number of methoxy groups -OCH3 is 1. The molecule has 198 valence electrons. The molecule has 0 aromatic rings. The summed E-state index contributed by atoms with van der Waals surface area (Å²) in [6, 6.07) is 0. The monoisotopic (exact) mass is 502 g/mol. The van der Waals surface area contributed by atoms with Crippen LogP contribution in [-0.2, 0) is 33.4 Å². The van der Waals surface area contributed by atoms with Crippen LogP contribution in [0.2, 0.25) is 0 Å². The Morgan fingerprint density at radius 3 is 2.61 bits per heavy atom. The number of hydrogen-bond donors (Lipinski definition) is 1. The van der Waals surface area contributed by atoms with Crippen molar-refractivity contribution in [1.29, 1.82) is 0 Å². The van der Waals surface area contributed by atoms with Gasteiger partial charge in [0.15, 0.2) is 18.0 Å². The first kappa shape index (κ1) is 26.7. The Hall–Kier alpha value is -2.32. The molecule has 4 aliphatic carbocycles. The number of ether oxygens (including phenoxy) is 3. The van der Waals surface area contributed by atoms with Gasteiger partial charge in [0.25, 0.3) is 0 Å². The van der Waals surface area contributed by atoms with Crippen molar-refractivity contribution in [3.8, 4) is 0 Å². The van der Waals surface area contributed by atoms with Gasteiger partial charge in [0.1, 0.15) is 0 Å². The van der Waals surface area contributed by atoms with Crippen molar-refractivity contribution in [2.45, 2.75) is 71.5 Å². The fraction of sp³-hybridized carbons (Fsp3) is 0.714. The molecule has 3 saturated carbocycles. The van der Waals surface area contributed by atoms with E-state index in [-0.39, 0.29) is 48.9 Å². The first-order valence-corrected chi connectivity index (χ1v) is 12.9. The Balaban J connectivity index is 1.73. The molecule has 0 unspecified atom stereocenters. The van der Waals surface area contributed by atoms with Crippen molar-refractivity contribution in [1.82, 2.24) is 0 Å². The molecule has 0 spiro atoms. The fourth-order valence-electron chi connectivity index (χ4n) is 8.13. The Bertz CT molecular complexity index is 1010. The van der Waals surface area contributed by atoms with E-state index in [1.807, 2.05) is 13.0 Å². The van der Waals surface area contributed by atoms with Crippen molar-refractivity contribution < 1.29 is 38.5 Å². The van der Waals surface area contributed by atoms with Crippen molar-refractivity contribution in [3.63, 3.8) is 0 Å². The van der Waals surface area contributed by atoms with Gasteiger partial charge >= 0.3 is 11.9 Å². The zero-order valence-corrected chi connectivity index (χ0v) is 21.9. The maximum absolute atomic E-state index is 13.7. The summed E-state index contributed by atoms with van der Waals surface area (Å²) < 4.78 is 16.1. The first-order valence-electron chi connectivity index (χ1n) is 12.9. The predicted molar refractivity (Wildman–Crippen MR) is 130 cm³/mol. The summed E-state index contributed by atoms with van der Waals surface area (Å²) in [6.07, 6.45) is 6.49. The van der Waals surface area contributed by atoms with Crippen LogP contribution in [0.25, 0.3) is 0 Å². The molecule has 0 aliphatic heterocycles. The summed E-state index contributed by atoms with van der Waals surface area (Å²) in [5.74, 6) is -1.51. The topological polar surface area (TPSA) is 116 Å². The molecule has 0 heterocycles. The lowest BCUT2D eigenvalue weighted by atomic mass is 9.44. The van der Waals surface area contributed by atoms with Crippen LogP contribution in [0.3, 0.4) is 0 Å². The van der Waals surface area contributed by atoms with Crippen LogP contribution in [0, 0.1) is 34.5 Å². The van der Waals surface area contributed by atoms with Crippen LogP contribution in [0.4, 0.5) is 0 Å². The molecule has 8 atom stereocenters. The van der Waals surface area contributed by atoms with Crippen LogP contribution in [0.5, 0.6) is 0 Å². The minimum atomic E-state index is -1.50. The number of aliphatic hydroxyl groups is 1. The van der Waals surface area contributed by atoms with Crippen LogP contribution >= 0.6 is 0 Å². The number of aliphatic hydroxyl groups excluding tert-OH is 1.